The summed E-state index contributed by atoms with van der Waals surface area (Å²) in [7, 11) is 1.70. The van der Waals surface area contributed by atoms with Crippen LogP contribution in [0.2, 0.25) is 0 Å². The summed E-state index contributed by atoms with van der Waals surface area (Å²) in [6.45, 7) is 0.517. The standard InChI is InChI=1S/C7H9F3N4/c1-11-3-2-6-13-5(4-12-14-6)7(8,9)10/h4,11H,2-3H2,1H3. The minimum absolute atomic E-state index is 0.0918. The van der Waals surface area contributed by atoms with E-state index in [0.29, 0.717) is 19.2 Å². The van der Waals surface area contributed by atoms with E-state index in [0.717, 1.165) is 0 Å². The zero-order valence-corrected chi connectivity index (χ0v) is 7.47. The van der Waals surface area contributed by atoms with Crippen molar-refractivity contribution in [3.8, 4) is 0 Å². The van der Waals surface area contributed by atoms with Crippen molar-refractivity contribution >= 4 is 0 Å². The molecule has 0 aliphatic heterocycles. The average Bonchev–Trinajstić information content (AvgIpc) is 2.14. The first-order valence-electron chi connectivity index (χ1n) is 3.94. The molecule has 0 saturated carbocycles. The lowest BCUT2D eigenvalue weighted by Gasteiger charge is -2.05. The fraction of sp³-hybridized carbons (Fsp3) is 0.571. The van der Waals surface area contributed by atoms with E-state index in [2.05, 4.69) is 20.5 Å². The van der Waals surface area contributed by atoms with Crippen LogP contribution in [0.3, 0.4) is 0 Å². The molecule has 0 saturated heterocycles. The van der Waals surface area contributed by atoms with Gasteiger partial charge in [-0.05, 0) is 7.05 Å². The zero-order chi connectivity index (χ0) is 10.6. The van der Waals surface area contributed by atoms with E-state index in [1.54, 1.807) is 7.05 Å². The predicted molar refractivity (Wildman–Crippen MR) is 42.5 cm³/mol. The summed E-state index contributed by atoms with van der Waals surface area (Å²) >= 11 is 0. The van der Waals surface area contributed by atoms with E-state index in [4.69, 9.17) is 0 Å². The molecule has 0 atom stereocenters. The normalized spacial score (nSPS) is 11.7. The van der Waals surface area contributed by atoms with Gasteiger partial charge in [0.05, 0.1) is 6.20 Å². The highest BCUT2D eigenvalue weighted by atomic mass is 19.4. The lowest BCUT2D eigenvalue weighted by atomic mass is 10.4. The Morgan fingerprint density at radius 3 is 2.71 bits per heavy atom. The lowest BCUT2D eigenvalue weighted by Crippen LogP contribution is -2.16. The van der Waals surface area contributed by atoms with Crippen molar-refractivity contribution in [3.63, 3.8) is 0 Å². The number of aromatic nitrogens is 3. The van der Waals surface area contributed by atoms with E-state index in [1.165, 1.54) is 0 Å². The first kappa shape index (κ1) is 10.8. The van der Waals surface area contributed by atoms with Crippen LogP contribution in [0.4, 0.5) is 13.2 Å². The van der Waals surface area contributed by atoms with Gasteiger partial charge in [0.2, 0.25) is 0 Å². The SMILES string of the molecule is CNCCc1nncc(C(F)(F)F)n1. The molecular weight excluding hydrogens is 197 g/mol. The third kappa shape index (κ3) is 2.91. The highest BCUT2D eigenvalue weighted by Crippen LogP contribution is 2.26. The van der Waals surface area contributed by atoms with Gasteiger partial charge < -0.3 is 5.32 Å². The molecule has 1 N–H and O–H groups in total. The molecule has 0 amide bonds. The second-order valence-corrected chi connectivity index (χ2v) is 2.61. The summed E-state index contributed by atoms with van der Waals surface area (Å²) in [6, 6.07) is 0. The van der Waals surface area contributed by atoms with Crippen molar-refractivity contribution in [1.29, 1.82) is 0 Å². The quantitative estimate of drug-likeness (QED) is 0.789. The fourth-order valence-corrected chi connectivity index (χ4v) is 0.820. The predicted octanol–water partition coefficient (Wildman–Crippen LogP) is 0.652. The van der Waals surface area contributed by atoms with E-state index in [9.17, 15) is 13.2 Å². The molecule has 0 radical (unpaired) electrons. The largest absolute Gasteiger partial charge is 0.435 e. The molecular formula is C7H9F3N4. The summed E-state index contributed by atoms with van der Waals surface area (Å²) in [5.41, 5.74) is -1.00. The van der Waals surface area contributed by atoms with Gasteiger partial charge >= 0.3 is 6.18 Å². The van der Waals surface area contributed by atoms with Gasteiger partial charge in [-0.1, -0.05) is 0 Å². The van der Waals surface area contributed by atoms with Crippen LogP contribution in [0.25, 0.3) is 0 Å². The first-order valence-corrected chi connectivity index (χ1v) is 3.94. The average molecular weight is 206 g/mol. The van der Waals surface area contributed by atoms with Crippen LogP contribution in [0.1, 0.15) is 11.5 Å². The van der Waals surface area contributed by atoms with Crippen molar-refractivity contribution in [2.24, 2.45) is 0 Å². The Morgan fingerprint density at radius 1 is 1.43 bits per heavy atom. The molecule has 0 fully saturated rings. The van der Waals surface area contributed by atoms with E-state index >= 15 is 0 Å². The van der Waals surface area contributed by atoms with Gasteiger partial charge in [-0.2, -0.15) is 18.3 Å². The van der Waals surface area contributed by atoms with Crippen molar-refractivity contribution in [3.05, 3.63) is 17.7 Å². The van der Waals surface area contributed by atoms with Gasteiger partial charge in [0.15, 0.2) is 11.5 Å². The number of likely N-dealkylation sites (N-methyl/N-ethyl adjacent to an activating group) is 1. The molecule has 0 aliphatic rings. The second-order valence-electron chi connectivity index (χ2n) is 2.61. The number of rotatable bonds is 3. The number of nitrogens with one attached hydrogen (secondary N) is 1. The Labute approximate surface area is 78.6 Å². The molecule has 4 nitrogen and oxygen atoms in total. The molecule has 1 rings (SSSR count). The van der Waals surface area contributed by atoms with Gasteiger partial charge in [-0.3, -0.25) is 0 Å². The third-order valence-electron chi connectivity index (χ3n) is 1.49. The van der Waals surface area contributed by atoms with Crippen LogP contribution in [0.5, 0.6) is 0 Å². The first-order chi connectivity index (χ1) is 6.54. The Balaban J connectivity index is 2.79. The van der Waals surface area contributed by atoms with Gasteiger partial charge in [-0.15, -0.1) is 5.10 Å². The molecule has 0 spiro atoms. The maximum atomic E-state index is 12.1. The molecule has 1 aromatic heterocycles. The summed E-state index contributed by atoms with van der Waals surface area (Å²) < 4.78 is 36.4. The van der Waals surface area contributed by atoms with Crippen molar-refractivity contribution < 1.29 is 13.2 Å². The van der Waals surface area contributed by atoms with Crippen LogP contribution in [0.15, 0.2) is 6.20 Å². The molecule has 1 heterocycles. The molecule has 0 aliphatic carbocycles. The second kappa shape index (κ2) is 4.32. The maximum absolute atomic E-state index is 12.1. The van der Waals surface area contributed by atoms with Gasteiger partial charge in [-0.25, -0.2) is 4.98 Å². The number of hydrogen-bond acceptors (Lipinski definition) is 4. The molecule has 0 unspecified atom stereocenters. The van der Waals surface area contributed by atoms with Crippen molar-refractivity contribution in [1.82, 2.24) is 20.5 Å². The minimum Gasteiger partial charge on any atom is -0.319 e. The number of alkyl halides is 3. The van der Waals surface area contributed by atoms with E-state index in [-0.39, 0.29) is 5.82 Å². The van der Waals surface area contributed by atoms with Crippen molar-refractivity contribution in [2.75, 3.05) is 13.6 Å². The molecule has 0 aromatic carbocycles. The van der Waals surface area contributed by atoms with Gasteiger partial charge in [0.25, 0.3) is 0 Å². The van der Waals surface area contributed by atoms with Crippen LogP contribution in [0, 0.1) is 0 Å². The minimum atomic E-state index is -4.45. The molecule has 1 aromatic rings. The highest BCUT2D eigenvalue weighted by Gasteiger charge is 2.33. The molecule has 7 heteroatoms. The van der Waals surface area contributed by atoms with Crippen LogP contribution >= 0.6 is 0 Å². The zero-order valence-electron chi connectivity index (χ0n) is 7.47. The maximum Gasteiger partial charge on any atom is 0.435 e. The van der Waals surface area contributed by atoms with E-state index in [1.807, 2.05) is 0 Å². The number of nitrogens with zero attached hydrogens (tertiary/aromatic N) is 3. The Bertz CT molecular complexity index is 299. The van der Waals surface area contributed by atoms with E-state index < -0.39 is 11.9 Å². The van der Waals surface area contributed by atoms with Crippen LogP contribution in [-0.2, 0) is 12.6 Å². The van der Waals surface area contributed by atoms with Crippen LogP contribution < -0.4 is 5.32 Å². The van der Waals surface area contributed by atoms with Crippen LogP contribution in [-0.4, -0.2) is 28.8 Å². The monoisotopic (exact) mass is 206 g/mol. The summed E-state index contributed by atoms with van der Waals surface area (Å²) in [6.07, 6.45) is -3.51. The third-order valence-corrected chi connectivity index (χ3v) is 1.49. The lowest BCUT2D eigenvalue weighted by molar-refractivity contribution is -0.141. The van der Waals surface area contributed by atoms with Gasteiger partial charge in [0.1, 0.15) is 0 Å². The summed E-state index contributed by atoms with van der Waals surface area (Å²) in [5.74, 6) is 0.0918. The molecule has 0 bridgehead atoms. The topological polar surface area (TPSA) is 50.7 Å². The highest BCUT2D eigenvalue weighted by molar-refractivity contribution is 5.01. The summed E-state index contributed by atoms with van der Waals surface area (Å²) in [5, 5.41) is 9.52. The Kier molecular flexibility index (Phi) is 3.34. The Morgan fingerprint density at radius 2 is 2.14 bits per heavy atom. The Hall–Kier alpha value is -1.24. The number of hydrogen-bond donors (Lipinski definition) is 1. The fourth-order valence-electron chi connectivity index (χ4n) is 0.820. The number of halogens is 3. The molecule has 78 valence electrons. The summed E-state index contributed by atoms with van der Waals surface area (Å²) in [4.78, 5) is 3.34. The van der Waals surface area contributed by atoms with Crippen molar-refractivity contribution in [2.45, 2.75) is 12.6 Å². The van der Waals surface area contributed by atoms with Gasteiger partial charge in [0, 0.05) is 13.0 Å². The molecule has 14 heavy (non-hydrogen) atoms. The smallest absolute Gasteiger partial charge is 0.319 e.